The molecule has 0 aromatic rings. The monoisotopic (exact) mass is 126 g/mol. The van der Waals surface area contributed by atoms with Gasteiger partial charge in [0.15, 0.2) is 0 Å². The van der Waals surface area contributed by atoms with Crippen LogP contribution in [0, 0.1) is 0 Å². The third-order valence-corrected chi connectivity index (χ3v) is 1.30. The zero-order valence-corrected chi connectivity index (χ0v) is 4.12. The van der Waals surface area contributed by atoms with Crippen molar-refractivity contribution in [1.82, 2.24) is 0 Å². The van der Waals surface area contributed by atoms with E-state index < -0.39 is 14.3 Å². The minimum absolute atomic E-state index is 1.02. The van der Waals surface area contributed by atoms with Crippen LogP contribution in [0.2, 0.25) is 0 Å². The van der Waals surface area contributed by atoms with Crippen molar-refractivity contribution < 1.29 is 23.6 Å². The number of hydrogen-bond donors (Lipinski definition) is 2. The molecule has 1 heterocycles. The fourth-order valence-electron chi connectivity index (χ4n) is 0.225. The van der Waals surface area contributed by atoms with Gasteiger partial charge in [-0.2, -0.15) is 0 Å². The molecular formula is CH3O5P. The molecule has 1 saturated heterocycles. The molecule has 5 nitrogen and oxygen atoms in total. The predicted molar refractivity (Wildman–Crippen MR) is 20.3 cm³/mol. The van der Waals surface area contributed by atoms with Crippen molar-refractivity contribution >= 4 is 14.3 Å². The van der Waals surface area contributed by atoms with Crippen LogP contribution in [0.1, 0.15) is 0 Å². The summed E-state index contributed by atoms with van der Waals surface area (Å²) in [6.07, 6.45) is -1.02. The van der Waals surface area contributed by atoms with Crippen LogP contribution in [-0.4, -0.2) is 15.9 Å². The van der Waals surface area contributed by atoms with E-state index in [1.165, 1.54) is 0 Å². The molecule has 7 heavy (non-hydrogen) atoms. The molecule has 0 atom stereocenters. The molecule has 0 bridgehead atoms. The first kappa shape index (κ1) is 4.77. The Balaban J connectivity index is 2.43. The first-order valence-electron chi connectivity index (χ1n) is 1.47. The number of rotatable bonds is 0. The molecule has 2 N–H and O–H groups in total. The molecule has 0 amide bonds. The van der Waals surface area contributed by atoms with E-state index in [-0.39, 0.29) is 0 Å². The van der Waals surface area contributed by atoms with Gasteiger partial charge in [-0.3, -0.25) is 0 Å². The normalized spacial score (nSPS) is 29.1. The third-order valence-electron chi connectivity index (χ3n) is 0.433. The van der Waals surface area contributed by atoms with Gasteiger partial charge in [-0.25, -0.2) is 0 Å². The second kappa shape index (κ2) is 1.06. The topological polar surface area (TPSA) is 76.0 Å². The van der Waals surface area contributed by atoms with E-state index in [1.54, 1.807) is 0 Å². The maximum atomic E-state index is 9.59. The van der Waals surface area contributed by atoms with Gasteiger partial charge >= 0.3 is 38.0 Å². The van der Waals surface area contributed by atoms with Gasteiger partial charge in [0.2, 0.25) is 0 Å². The van der Waals surface area contributed by atoms with E-state index in [0.29, 0.717) is 0 Å². The Bertz CT molecular complexity index is 96.6. The van der Waals surface area contributed by atoms with E-state index >= 15 is 0 Å². The Morgan fingerprint density at radius 3 is 1.86 bits per heavy atom. The Labute approximate surface area is 39.1 Å². The average molecular weight is 126 g/mol. The van der Waals surface area contributed by atoms with Gasteiger partial charge in [0, 0.05) is 0 Å². The molecule has 1 aliphatic rings. The zero-order valence-electron chi connectivity index (χ0n) is 3.12. The number of carbonyl (C=O) groups excluding carboxylic acids is 1. The quantitative estimate of drug-likeness (QED) is 0.430. The Morgan fingerprint density at radius 1 is 1.43 bits per heavy atom. The second-order valence-electron chi connectivity index (χ2n) is 1.00. The van der Waals surface area contributed by atoms with Crippen molar-refractivity contribution in [2.75, 3.05) is 0 Å². The third kappa shape index (κ3) is 0.796. The molecular weight excluding hydrogens is 123 g/mol. The summed E-state index contributed by atoms with van der Waals surface area (Å²) in [6, 6.07) is 0. The van der Waals surface area contributed by atoms with Crippen LogP contribution in [0.25, 0.3) is 0 Å². The molecule has 0 aliphatic carbocycles. The molecule has 0 unspecified atom stereocenters. The molecule has 6 heteroatoms. The molecule has 1 fully saturated rings. The molecule has 42 valence electrons. The first-order chi connectivity index (χ1) is 3.10. The van der Waals surface area contributed by atoms with E-state index in [9.17, 15) is 4.79 Å². The van der Waals surface area contributed by atoms with Gasteiger partial charge in [0.1, 0.15) is 0 Å². The van der Waals surface area contributed by atoms with Crippen LogP contribution in [0.5, 0.6) is 0 Å². The Hall–Kier alpha value is -0.380. The van der Waals surface area contributed by atoms with E-state index in [1.807, 2.05) is 0 Å². The van der Waals surface area contributed by atoms with Crippen molar-refractivity contribution in [2.24, 2.45) is 0 Å². The van der Waals surface area contributed by atoms with Crippen LogP contribution in [0.15, 0.2) is 0 Å². The van der Waals surface area contributed by atoms with Crippen LogP contribution in [0.3, 0.4) is 0 Å². The summed E-state index contributed by atoms with van der Waals surface area (Å²) in [5.74, 6) is 0. The summed E-state index contributed by atoms with van der Waals surface area (Å²) < 4.78 is 7.43. The molecule has 0 aromatic carbocycles. The molecule has 0 radical (unpaired) electrons. The number of hydrogen-bond acceptors (Lipinski definition) is 5. The van der Waals surface area contributed by atoms with Crippen LogP contribution in [-0.2, 0) is 9.05 Å². The zero-order chi connectivity index (χ0) is 5.49. The Kier molecular flexibility index (Phi) is 0.725. The molecule has 1 rings (SSSR count). The minimum atomic E-state index is -3.86. The standard InChI is InChI=1S/CH3O5P/c2-1-5-7(3,4)6-1/h3-4,7H. The summed E-state index contributed by atoms with van der Waals surface area (Å²) in [5.41, 5.74) is 0. The molecule has 0 saturated carbocycles. The van der Waals surface area contributed by atoms with Gasteiger partial charge in [0.05, 0.1) is 0 Å². The van der Waals surface area contributed by atoms with Crippen LogP contribution in [0.4, 0.5) is 4.79 Å². The SMILES string of the molecule is O=C1O[PH](O)(O)O1. The fraction of sp³-hybridized carbons (Fsp3) is 0. The fourth-order valence-corrected chi connectivity index (χ4v) is 0.674. The molecule has 0 aromatic heterocycles. The van der Waals surface area contributed by atoms with Crippen LogP contribution >= 0.6 is 8.17 Å². The van der Waals surface area contributed by atoms with Gasteiger partial charge in [0.25, 0.3) is 0 Å². The second-order valence-corrected chi connectivity index (χ2v) is 2.51. The van der Waals surface area contributed by atoms with Crippen molar-refractivity contribution in [2.45, 2.75) is 0 Å². The summed E-state index contributed by atoms with van der Waals surface area (Å²) in [6.45, 7) is 0. The van der Waals surface area contributed by atoms with Gasteiger partial charge in [-0.15, -0.1) is 0 Å². The summed E-state index contributed by atoms with van der Waals surface area (Å²) in [4.78, 5) is 25.8. The van der Waals surface area contributed by atoms with Crippen molar-refractivity contribution in [3.63, 3.8) is 0 Å². The van der Waals surface area contributed by atoms with Gasteiger partial charge < -0.3 is 0 Å². The van der Waals surface area contributed by atoms with Crippen LogP contribution < -0.4 is 0 Å². The maximum absolute atomic E-state index is 9.59. The van der Waals surface area contributed by atoms with Crippen molar-refractivity contribution in [3.8, 4) is 0 Å². The first-order valence-corrected chi connectivity index (χ1v) is 3.18. The molecule has 0 spiro atoms. The number of carbonyl (C=O) groups is 1. The van der Waals surface area contributed by atoms with Crippen molar-refractivity contribution in [1.29, 1.82) is 0 Å². The summed E-state index contributed by atoms with van der Waals surface area (Å²) in [5, 5.41) is 0. The van der Waals surface area contributed by atoms with E-state index in [2.05, 4.69) is 9.05 Å². The Morgan fingerprint density at radius 2 is 1.86 bits per heavy atom. The summed E-state index contributed by atoms with van der Waals surface area (Å²) >= 11 is 0. The van der Waals surface area contributed by atoms with Gasteiger partial charge in [-0.1, -0.05) is 0 Å². The molecule has 1 aliphatic heterocycles. The summed E-state index contributed by atoms with van der Waals surface area (Å²) in [7, 11) is -3.86. The predicted octanol–water partition coefficient (Wildman–Crippen LogP) is -0.452. The average Bonchev–Trinajstić information content (AvgIpc) is 1.27. The van der Waals surface area contributed by atoms with E-state index in [4.69, 9.17) is 9.79 Å². The van der Waals surface area contributed by atoms with Crippen molar-refractivity contribution in [3.05, 3.63) is 0 Å². The van der Waals surface area contributed by atoms with Gasteiger partial charge in [-0.05, 0) is 0 Å². The van der Waals surface area contributed by atoms with E-state index in [0.717, 1.165) is 0 Å².